The van der Waals surface area contributed by atoms with Gasteiger partial charge in [-0.3, -0.25) is 0 Å². The fourth-order valence-corrected chi connectivity index (χ4v) is 2.49. The summed E-state index contributed by atoms with van der Waals surface area (Å²) < 4.78 is 31.3. The van der Waals surface area contributed by atoms with Crippen molar-refractivity contribution in [3.63, 3.8) is 0 Å². The lowest BCUT2D eigenvalue weighted by Gasteiger charge is -2.04. The van der Waals surface area contributed by atoms with Gasteiger partial charge in [0.2, 0.25) is 15.9 Å². The average Bonchev–Trinajstić information content (AvgIpc) is 2.89. The summed E-state index contributed by atoms with van der Waals surface area (Å²) in [6, 6.07) is 5.99. The molecule has 110 valence electrons. The van der Waals surface area contributed by atoms with Crippen LogP contribution in [0.3, 0.4) is 0 Å². The largest absolute Gasteiger partial charge is 0.384 e. The first kappa shape index (κ1) is 15.2. The Hall–Kier alpha value is -2.21. The zero-order valence-corrected chi connectivity index (χ0v) is 12.0. The lowest BCUT2D eigenvalue weighted by Crippen LogP contribution is -2.23. The minimum atomic E-state index is -3.66. The number of aliphatic hydroxyl groups excluding tert-OH is 1. The molecule has 2 aromatic rings. The molecule has 8 heteroatoms. The number of rotatable bonds is 4. The summed E-state index contributed by atoms with van der Waals surface area (Å²) in [6.07, 6.45) is 0. The third-order valence-corrected chi connectivity index (χ3v) is 3.88. The van der Waals surface area contributed by atoms with Crippen LogP contribution in [0.4, 0.5) is 0 Å². The maximum absolute atomic E-state index is 12.1. The van der Waals surface area contributed by atoms with Crippen LogP contribution in [0.1, 0.15) is 17.3 Å². The number of nitrogens with zero attached hydrogens (tertiary/aromatic N) is 2. The van der Waals surface area contributed by atoms with Gasteiger partial charge in [-0.2, -0.15) is 4.98 Å². The molecule has 0 aliphatic rings. The maximum atomic E-state index is 12.1. The van der Waals surface area contributed by atoms with Gasteiger partial charge in [-0.05, 0) is 31.2 Å². The van der Waals surface area contributed by atoms with Crippen molar-refractivity contribution in [1.82, 2.24) is 14.9 Å². The predicted molar refractivity (Wildman–Crippen MR) is 73.5 cm³/mol. The van der Waals surface area contributed by atoms with Crippen molar-refractivity contribution in [3.05, 3.63) is 41.5 Å². The molecule has 0 unspecified atom stereocenters. The minimum Gasteiger partial charge on any atom is -0.384 e. The zero-order chi connectivity index (χ0) is 15.3. The minimum absolute atomic E-state index is 0.0742. The number of hydrogen-bond acceptors (Lipinski definition) is 6. The number of hydrogen-bond donors (Lipinski definition) is 2. The summed E-state index contributed by atoms with van der Waals surface area (Å²) in [5.74, 6) is 5.81. The summed E-state index contributed by atoms with van der Waals surface area (Å²) in [4.78, 5) is 4.01. The Morgan fingerprint density at radius 3 is 2.62 bits per heavy atom. The summed E-state index contributed by atoms with van der Waals surface area (Å²) >= 11 is 0. The second kappa shape index (κ2) is 6.49. The fraction of sp³-hybridized carbons (Fsp3) is 0.231. The molecule has 0 bridgehead atoms. The zero-order valence-electron chi connectivity index (χ0n) is 11.2. The summed E-state index contributed by atoms with van der Waals surface area (Å²) in [7, 11) is -3.66. The van der Waals surface area contributed by atoms with Crippen LogP contribution in [0.2, 0.25) is 0 Å². The molecule has 0 saturated carbocycles. The highest BCUT2D eigenvalue weighted by molar-refractivity contribution is 7.89. The number of aryl methyl sites for hydroxylation is 1. The molecular formula is C13H13N3O4S. The first-order valence-corrected chi connectivity index (χ1v) is 7.48. The Kier molecular flexibility index (Phi) is 4.70. The van der Waals surface area contributed by atoms with Crippen molar-refractivity contribution >= 4 is 10.0 Å². The van der Waals surface area contributed by atoms with E-state index in [1.165, 1.54) is 12.1 Å². The molecule has 0 amide bonds. The van der Waals surface area contributed by atoms with Crippen LogP contribution in [0, 0.1) is 18.8 Å². The van der Waals surface area contributed by atoms with Gasteiger partial charge < -0.3 is 9.63 Å². The molecule has 1 aromatic carbocycles. The Morgan fingerprint density at radius 2 is 2.05 bits per heavy atom. The number of benzene rings is 1. The van der Waals surface area contributed by atoms with E-state index in [1.807, 2.05) is 0 Å². The van der Waals surface area contributed by atoms with Crippen LogP contribution in [-0.4, -0.2) is 30.3 Å². The lowest BCUT2D eigenvalue weighted by molar-refractivity contribution is 0.350. The fourth-order valence-electron chi connectivity index (χ4n) is 1.51. The molecule has 0 spiro atoms. The molecule has 0 radical (unpaired) electrons. The molecule has 1 heterocycles. The van der Waals surface area contributed by atoms with Gasteiger partial charge in [0.05, 0.1) is 11.4 Å². The number of nitrogens with one attached hydrogen (secondary N) is 1. The van der Waals surface area contributed by atoms with Crippen molar-refractivity contribution in [1.29, 1.82) is 0 Å². The summed E-state index contributed by atoms with van der Waals surface area (Å²) in [6.45, 7) is 1.33. The van der Waals surface area contributed by atoms with Crippen LogP contribution in [0.15, 0.2) is 33.7 Å². The molecule has 0 atom stereocenters. The van der Waals surface area contributed by atoms with E-state index in [9.17, 15) is 8.42 Å². The normalized spacial score (nSPS) is 11.0. The Bertz CT molecular complexity index is 770. The van der Waals surface area contributed by atoms with Crippen molar-refractivity contribution in [3.8, 4) is 11.8 Å². The van der Waals surface area contributed by atoms with Crippen molar-refractivity contribution in [2.24, 2.45) is 0 Å². The van der Waals surface area contributed by atoms with Gasteiger partial charge >= 0.3 is 0 Å². The molecule has 1 aromatic heterocycles. The molecule has 2 N–H and O–H groups in total. The van der Waals surface area contributed by atoms with E-state index in [0.717, 1.165) is 0 Å². The van der Waals surface area contributed by atoms with E-state index < -0.39 is 10.0 Å². The van der Waals surface area contributed by atoms with Gasteiger partial charge in [0, 0.05) is 5.56 Å². The van der Waals surface area contributed by atoms with Gasteiger partial charge in [0.1, 0.15) is 6.61 Å². The molecule has 7 nitrogen and oxygen atoms in total. The van der Waals surface area contributed by atoms with Crippen LogP contribution in [0.25, 0.3) is 0 Å². The van der Waals surface area contributed by atoms with Crippen LogP contribution in [-0.2, 0) is 16.6 Å². The van der Waals surface area contributed by atoms with Crippen LogP contribution >= 0.6 is 0 Å². The molecule has 21 heavy (non-hydrogen) atoms. The molecule has 0 saturated heterocycles. The lowest BCUT2D eigenvalue weighted by atomic mass is 10.2. The quantitative estimate of drug-likeness (QED) is 0.782. The highest BCUT2D eigenvalue weighted by atomic mass is 32.2. The van der Waals surface area contributed by atoms with E-state index in [1.54, 1.807) is 19.1 Å². The van der Waals surface area contributed by atoms with E-state index in [0.29, 0.717) is 11.4 Å². The number of sulfonamides is 1. The van der Waals surface area contributed by atoms with Gasteiger partial charge in [0.15, 0.2) is 5.82 Å². The highest BCUT2D eigenvalue weighted by Gasteiger charge is 2.15. The highest BCUT2D eigenvalue weighted by Crippen LogP contribution is 2.10. The van der Waals surface area contributed by atoms with E-state index in [2.05, 4.69) is 26.7 Å². The molecule has 2 rings (SSSR count). The van der Waals surface area contributed by atoms with Crippen molar-refractivity contribution in [2.75, 3.05) is 6.61 Å². The average molecular weight is 307 g/mol. The smallest absolute Gasteiger partial charge is 0.241 e. The molecule has 0 fully saturated rings. The third kappa shape index (κ3) is 4.13. The number of aromatic nitrogens is 2. The second-order valence-corrected chi connectivity index (χ2v) is 5.81. The predicted octanol–water partition coefficient (Wildman–Crippen LogP) is 0.200. The Balaban J connectivity index is 2.08. The van der Waals surface area contributed by atoms with E-state index >= 15 is 0 Å². The molecule has 0 aliphatic heterocycles. The summed E-state index contributed by atoms with van der Waals surface area (Å²) in [5, 5.41) is 12.2. The monoisotopic (exact) mass is 307 g/mol. The molecule has 0 aliphatic carbocycles. The van der Waals surface area contributed by atoms with Gasteiger partial charge in [-0.15, -0.1) is 0 Å². The standard InChI is InChI=1S/C13H13N3O4S/c1-10-15-13(20-16-10)9-14-21(18,19)12-6-4-11(5-7-12)3-2-8-17/h4-7,14,17H,8-9H2,1H3. The first-order valence-electron chi connectivity index (χ1n) is 6.00. The van der Waals surface area contributed by atoms with Crippen LogP contribution in [0.5, 0.6) is 0 Å². The van der Waals surface area contributed by atoms with E-state index in [-0.39, 0.29) is 23.9 Å². The van der Waals surface area contributed by atoms with Crippen molar-refractivity contribution < 1.29 is 18.0 Å². The SMILES string of the molecule is Cc1noc(CNS(=O)(=O)c2ccc(C#CCO)cc2)n1. The number of aliphatic hydroxyl groups is 1. The summed E-state index contributed by atoms with van der Waals surface area (Å²) in [5.41, 5.74) is 0.621. The van der Waals surface area contributed by atoms with Crippen LogP contribution < -0.4 is 4.72 Å². The first-order chi connectivity index (χ1) is 10.0. The van der Waals surface area contributed by atoms with Gasteiger partial charge in [-0.1, -0.05) is 17.0 Å². The topological polar surface area (TPSA) is 105 Å². The second-order valence-electron chi connectivity index (χ2n) is 4.04. The van der Waals surface area contributed by atoms with Gasteiger partial charge in [-0.25, -0.2) is 13.1 Å². The third-order valence-electron chi connectivity index (χ3n) is 2.46. The molecular weight excluding hydrogens is 294 g/mol. The Labute approximate surface area is 122 Å². The Morgan fingerprint density at radius 1 is 1.33 bits per heavy atom. The van der Waals surface area contributed by atoms with Crippen molar-refractivity contribution in [2.45, 2.75) is 18.4 Å². The van der Waals surface area contributed by atoms with E-state index in [4.69, 9.17) is 9.63 Å². The maximum Gasteiger partial charge on any atom is 0.241 e. The van der Waals surface area contributed by atoms with Gasteiger partial charge in [0.25, 0.3) is 0 Å².